The lowest BCUT2D eigenvalue weighted by Gasteiger charge is -2.36. The number of aliphatic imine (C=N–C) groups is 2. The number of hydrogen-bond donors (Lipinski definition) is 0. The van der Waals surface area contributed by atoms with Gasteiger partial charge < -0.3 is 4.90 Å². The molecule has 2 aliphatic rings. The second kappa shape index (κ2) is 8.91. The van der Waals surface area contributed by atoms with Crippen molar-refractivity contribution in [1.82, 2.24) is 4.90 Å². The van der Waals surface area contributed by atoms with Crippen LogP contribution in [0.15, 0.2) is 22.3 Å². The van der Waals surface area contributed by atoms with Gasteiger partial charge in [-0.15, -0.1) is 0 Å². The highest BCUT2D eigenvalue weighted by atomic mass is 19.3. The maximum atomic E-state index is 13.4. The van der Waals surface area contributed by atoms with Crippen LogP contribution in [0, 0.1) is 11.8 Å². The quantitative estimate of drug-likeness (QED) is 0.551. The van der Waals surface area contributed by atoms with Gasteiger partial charge in [0.15, 0.2) is 0 Å². The fourth-order valence-electron chi connectivity index (χ4n) is 3.92. The third-order valence-corrected chi connectivity index (χ3v) is 5.36. The standard InChI is InChI=1S/C20H33F2N3/c1-5-7-16(8-6-2)13-18-14-23-19(24-18)17-9-11-25(12-10-17)15(3)20(4,21)22/h16-17H,3,5-14H2,1-2,4H3. The summed E-state index contributed by atoms with van der Waals surface area (Å²) in [5.41, 5.74) is 1.15. The molecular formula is C20H33F2N3. The van der Waals surface area contributed by atoms with Crippen LogP contribution in [0.25, 0.3) is 0 Å². The van der Waals surface area contributed by atoms with E-state index in [0.717, 1.165) is 44.5 Å². The van der Waals surface area contributed by atoms with Crippen LogP contribution in [0.3, 0.4) is 0 Å². The predicted molar refractivity (Wildman–Crippen MR) is 102 cm³/mol. The van der Waals surface area contributed by atoms with Gasteiger partial charge in [-0.05, 0) is 25.2 Å². The lowest BCUT2D eigenvalue weighted by atomic mass is 9.92. The highest BCUT2D eigenvalue weighted by molar-refractivity contribution is 6.05. The van der Waals surface area contributed by atoms with E-state index in [1.807, 2.05) is 0 Å². The minimum Gasteiger partial charge on any atom is -0.370 e. The molecule has 0 amide bonds. The van der Waals surface area contributed by atoms with Gasteiger partial charge in [0.25, 0.3) is 5.92 Å². The molecule has 142 valence electrons. The normalized spacial score (nSPS) is 19.4. The summed E-state index contributed by atoms with van der Waals surface area (Å²) in [6.07, 6.45) is 7.68. The number of amidine groups is 1. The number of likely N-dealkylation sites (tertiary alicyclic amines) is 1. The first kappa shape index (κ1) is 20.1. The van der Waals surface area contributed by atoms with Crippen LogP contribution in [-0.4, -0.2) is 42.0 Å². The van der Waals surface area contributed by atoms with E-state index in [2.05, 4.69) is 25.4 Å². The van der Waals surface area contributed by atoms with Crippen molar-refractivity contribution in [3.05, 3.63) is 12.3 Å². The summed E-state index contributed by atoms with van der Waals surface area (Å²) in [4.78, 5) is 11.2. The van der Waals surface area contributed by atoms with Gasteiger partial charge >= 0.3 is 0 Å². The van der Waals surface area contributed by atoms with Crippen LogP contribution in [0.2, 0.25) is 0 Å². The second-order valence-corrected chi connectivity index (χ2v) is 7.60. The van der Waals surface area contributed by atoms with Gasteiger partial charge in [0.05, 0.1) is 12.2 Å². The van der Waals surface area contributed by atoms with Crippen molar-refractivity contribution < 1.29 is 8.78 Å². The average Bonchev–Trinajstić information content (AvgIpc) is 3.02. The monoisotopic (exact) mass is 353 g/mol. The van der Waals surface area contributed by atoms with Gasteiger partial charge in [0.2, 0.25) is 0 Å². The summed E-state index contributed by atoms with van der Waals surface area (Å²) >= 11 is 0. The van der Waals surface area contributed by atoms with Crippen molar-refractivity contribution in [2.45, 2.75) is 71.6 Å². The Balaban J connectivity index is 1.86. The molecule has 0 aromatic heterocycles. The lowest BCUT2D eigenvalue weighted by Crippen LogP contribution is -2.39. The van der Waals surface area contributed by atoms with E-state index in [4.69, 9.17) is 4.99 Å². The number of rotatable bonds is 9. The molecule has 2 rings (SSSR count). The van der Waals surface area contributed by atoms with Crippen LogP contribution >= 0.6 is 0 Å². The molecule has 0 spiro atoms. The van der Waals surface area contributed by atoms with Crippen molar-refractivity contribution in [3.63, 3.8) is 0 Å². The fourth-order valence-corrected chi connectivity index (χ4v) is 3.92. The third-order valence-electron chi connectivity index (χ3n) is 5.36. The molecule has 2 heterocycles. The zero-order chi connectivity index (χ0) is 18.4. The molecule has 0 atom stereocenters. The maximum Gasteiger partial charge on any atom is 0.284 e. The largest absolute Gasteiger partial charge is 0.370 e. The van der Waals surface area contributed by atoms with Crippen LogP contribution < -0.4 is 0 Å². The Morgan fingerprint density at radius 2 is 1.84 bits per heavy atom. The molecule has 0 saturated carbocycles. The summed E-state index contributed by atoms with van der Waals surface area (Å²) in [5.74, 6) is -0.852. The Hall–Kier alpha value is -1.26. The predicted octanol–water partition coefficient (Wildman–Crippen LogP) is 5.33. The summed E-state index contributed by atoms with van der Waals surface area (Å²) in [6, 6.07) is 0. The molecule has 25 heavy (non-hydrogen) atoms. The maximum absolute atomic E-state index is 13.4. The Morgan fingerprint density at radius 1 is 1.24 bits per heavy atom. The van der Waals surface area contributed by atoms with E-state index in [9.17, 15) is 8.78 Å². The highest BCUT2D eigenvalue weighted by Crippen LogP contribution is 2.30. The van der Waals surface area contributed by atoms with Crippen molar-refractivity contribution in [1.29, 1.82) is 0 Å². The average molecular weight is 354 g/mol. The molecule has 0 bridgehead atoms. The molecule has 1 saturated heterocycles. The number of alkyl halides is 2. The third kappa shape index (κ3) is 5.61. The molecule has 5 heteroatoms. The van der Waals surface area contributed by atoms with E-state index in [0.29, 0.717) is 19.0 Å². The minimum atomic E-state index is -2.84. The number of nitrogens with zero attached hydrogens (tertiary/aromatic N) is 3. The summed E-state index contributed by atoms with van der Waals surface area (Å²) in [5, 5.41) is 0. The molecule has 0 radical (unpaired) electrons. The fraction of sp³-hybridized carbons (Fsp3) is 0.800. The summed E-state index contributed by atoms with van der Waals surface area (Å²) in [6.45, 7) is 10.9. The van der Waals surface area contributed by atoms with E-state index < -0.39 is 5.92 Å². The lowest BCUT2D eigenvalue weighted by molar-refractivity contribution is 0.0254. The molecule has 0 aliphatic carbocycles. The van der Waals surface area contributed by atoms with Gasteiger partial charge in [-0.3, -0.25) is 4.99 Å². The van der Waals surface area contributed by atoms with Gasteiger partial charge in [0.1, 0.15) is 5.84 Å². The number of allylic oxidation sites excluding steroid dienone is 1. The van der Waals surface area contributed by atoms with E-state index >= 15 is 0 Å². The number of hydrogen-bond acceptors (Lipinski definition) is 3. The van der Waals surface area contributed by atoms with E-state index in [1.54, 1.807) is 4.90 Å². The molecule has 2 aliphatic heterocycles. The molecule has 0 aromatic carbocycles. The summed E-state index contributed by atoms with van der Waals surface area (Å²) in [7, 11) is 0. The van der Waals surface area contributed by atoms with Gasteiger partial charge in [-0.1, -0.05) is 46.1 Å². The van der Waals surface area contributed by atoms with Gasteiger partial charge in [0, 0.05) is 31.6 Å². The SMILES string of the molecule is C=C(N1CCC(C2=NCC(CC(CCC)CCC)=N2)CC1)C(C)(F)F. The Kier molecular flexibility index (Phi) is 7.14. The first-order chi connectivity index (χ1) is 11.8. The highest BCUT2D eigenvalue weighted by Gasteiger charge is 2.33. The Bertz CT molecular complexity index is 506. The number of halogens is 2. The Morgan fingerprint density at radius 3 is 2.36 bits per heavy atom. The zero-order valence-electron chi connectivity index (χ0n) is 16.0. The molecular weight excluding hydrogens is 320 g/mol. The van der Waals surface area contributed by atoms with E-state index in [1.165, 1.54) is 31.4 Å². The molecule has 0 N–H and O–H groups in total. The molecule has 0 unspecified atom stereocenters. The van der Waals surface area contributed by atoms with Gasteiger partial charge in [-0.2, -0.15) is 0 Å². The first-order valence-electron chi connectivity index (χ1n) is 9.78. The van der Waals surface area contributed by atoms with Crippen LogP contribution in [-0.2, 0) is 0 Å². The number of piperidine rings is 1. The van der Waals surface area contributed by atoms with E-state index in [-0.39, 0.29) is 5.70 Å². The van der Waals surface area contributed by atoms with Crippen LogP contribution in [0.4, 0.5) is 8.78 Å². The molecule has 3 nitrogen and oxygen atoms in total. The van der Waals surface area contributed by atoms with Crippen LogP contribution in [0.5, 0.6) is 0 Å². The summed E-state index contributed by atoms with van der Waals surface area (Å²) < 4.78 is 26.8. The molecule has 1 fully saturated rings. The first-order valence-corrected chi connectivity index (χ1v) is 9.78. The molecule has 0 aromatic rings. The minimum absolute atomic E-state index is 0.0644. The smallest absolute Gasteiger partial charge is 0.284 e. The van der Waals surface area contributed by atoms with Gasteiger partial charge in [-0.25, -0.2) is 13.8 Å². The van der Waals surface area contributed by atoms with Crippen molar-refractivity contribution in [2.75, 3.05) is 19.6 Å². The Labute approximate surface area is 151 Å². The second-order valence-electron chi connectivity index (χ2n) is 7.60. The zero-order valence-corrected chi connectivity index (χ0v) is 16.0. The van der Waals surface area contributed by atoms with Crippen molar-refractivity contribution in [2.24, 2.45) is 21.8 Å². The van der Waals surface area contributed by atoms with Crippen LogP contribution in [0.1, 0.15) is 65.7 Å². The van der Waals surface area contributed by atoms with Crippen molar-refractivity contribution in [3.8, 4) is 0 Å². The topological polar surface area (TPSA) is 28.0 Å². The van der Waals surface area contributed by atoms with Crippen molar-refractivity contribution >= 4 is 11.5 Å².